The Labute approximate surface area is 112 Å². The summed E-state index contributed by atoms with van der Waals surface area (Å²) in [7, 11) is 0. The van der Waals surface area contributed by atoms with Crippen molar-refractivity contribution in [2.24, 2.45) is 5.73 Å². The molecule has 1 amide bonds. The number of nitrogens with two attached hydrogens (primary N) is 1. The van der Waals surface area contributed by atoms with Crippen LogP contribution in [-0.2, 0) is 11.2 Å². The van der Waals surface area contributed by atoms with E-state index in [1.54, 1.807) is 0 Å². The molecule has 0 radical (unpaired) electrons. The Morgan fingerprint density at radius 3 is 2.37 bits per heavy atom. The second-order valence-corrected chi connectivity index (χ2v) is 4.66. The predicted molar refractivity (Wildman–Crippen MR) is 70.6 cm³/mol. The fourth-order valence-electron chi connectivity index (χ4n) is 1.94. The van der Waals surface area contributed by atoms with Crippen LogP contribution in [0.5, 0.6) is 0 Å². The lowest BCUT2D eigenvalue weighted by atomic mass is 9.92. The van der Waals surface area contributed by atoms with Gasteiger partial charge in [-0.2, -0.15) is 0 Å². The average molecular weight is 270 g/mol. The molecule has 0 heterocycles. The third-order valence-corrected chi connectivity index (χ3v) is 3.50. The van der Waals surface area contributed by atoms with E-state index in [1.165, 1.54) is 6.07 Å². The van der Waals surface area contributed by atoms with E-state index in [4.69, 9.17) is 5.73 Å². The van der Waals surface area contributed by atoms with Crippen molar-refractivity contribution in [2.75, 3.05) is 6.54 Å². The molecular weight excluding hydrogens is 250 g/mol. The fourth-order valence-corrected chi connectivity index (χ4v) is 1.94. The number of nitrogens with one attached hydrogen (secondary N) is 1. The van der Waals surface area contributed by atoms with Crippen molar-refractivity contribution in [3.8, 4) is 0 Å². The molecule has 1 aromatic rings. The van der Waals surface area contributed by atoms with Crippen molar-refractivity contribution in [3.05, 3.63) is 35.4 Å². The van der Waals surface area contributed by atoms with E-state index in [2.05, 4.69) is 5.32 Å². The van der Waals surface area contributed by atoms with Crippen LogP contribution in [0.4, 0.5) is 8.78 Å². The summed E-state index contributed by atoms with van der Waals surface area (Å²) in [5, 5.41) is 2.88. The SMILES string of the molecule is CCC(CC)(CN)NC(=O)Cc1ccc(F)c(F)c1. The summed E-state index contributed by atoms with van der Waals surface area (Å²) in [5.74, 6) is -2.09. The van der Waals surface area contributed by atoms with Crippen LogP contribution in [-0.4, -0.2) is 18.0 Å². The zero-order valence-corrected chi connectivity index (χ0v) is 11.3. The molecule has 0 atom stereocenters. The van der Waals surface area contributed by atoms with Gasteiger partial charge in [0, 0.05) is 6.54 Å². The van der Waals surface area contributed by atoms with Gasteiger partial charge in [0.05, 0.1) is 12.0 Å². The molecule has 0 saturated carbocycles. The van der Waals surface area contributed by atoms with Gasteiger partial charge in [0.1, 0.15) is 0 Å². The lowest BCUT2D eigenvalue weighted by Gasteiger charge is -2.31. The molecule has 0 aliphatic rings. The van der Waals surface area contributed by atoms with Crippen molar-refractivity contribution in [1.29, 1.82) is 0 Å². The molecule has 106 valence electrons. The molecule has 0 aliphatic heterocycles. The Balaban J connectivity index is 2.71. The highest BCUT2D eigenvalue weighted by molar-refractivity contribution is 5.79. The van der Waals surface area contributed by atoms with Gasteiger partial charge in [0.15, 0.2) is 11.6 Å². The predicted octanol–water partition coefficient (Wildman–Crippen LogP) is 2.14. The molecule has 3 N–H and O–H groups in total. The van der Waals surface area contributed by atoms with E-state index >= 15 is 0 Å². The second-order valence-electron chi connectivity index (χ2n) is 4.66. The topological polar surface area (TPSA) is 55.1 Å². The second kappa shape index (κ2) is 6.61. The smallest absolute Gasteiger partial charge is 0.224 e. The van der Waals surface area contributed by atoms with Crippen LogP contribution in [0.3, 0.4) is 0 Å². The highest BCUT2D eigenvalue weighted by atomic mass is 19.2. The molecule has 0 unspecified atom stereocenters. The number of hydrogen-bond donors (Lipinski definition) is 2. The maximum absolute atomic E-state index is 13.0. The van der Waals surface area contributed by atoms with Crippen molar-refractivity contribution in [1.82, 2.24) is 5.32 Å². The van der Waals surface area contributed by atoms with E-state index in [-0.39, 0.29) is 12.3 Å². The third kappa shape index (κ3) is 3.99. The van der Waals surface area contributed by atoms with Crippen molar-refractivity contribution in [2.45, 2.75) is 38.6 Å². The summed E-state index contributed by atoms with van der Waals surface area (Å²) < 4.78 is 25.8. The van der Waals surface area contributed by atoms with Crippen LogP contribution in [0.25, 0.3) is 0 Å². The summed E-state index contributed by atoms with van der Waals surface area (Å²) >= 11 is 0. The Bertz CT molecular complexity index is 437. The van der Waals surface area contributed by atoms with Gasteiger partial charge in [0.2, 0.25) is 5.91 Å². The Morgan fingerprint density at radius 2 is 1.89 bits per heavy atom. The Hall–Kier alpha value is -1.49. The summed E-state index contributed by atoms with van der Waals surface area (Å²) in [6.07, 6.45) is 1.46. The van der Waals surface area contributed by atoms with E-state index in [0.29, 0.717) is 12.1 Å². The molecule has 0 saturated heterocycles. The summed E-state index contributed by atoms with van der Waals surface area (Å²) in [6, 6.07) is 3.46. The summed E-state index contributed by atoms with van der Waals surface area (Å²) in [5.41, 5.74) is 5.71. The number of carbonyl (C=O) groups is 1. The number of benzene rings is 1. The number of rotatable bonds is 6. The third-order valence-electron chi connectivity index (χ3n) is 3.50. The van der Waals surface area contributed by atoms with E-state index in [1.807, 2.05) is 13.8 Å². The zero-order valence-electron chi connectivity index (χ0n) is 11.3. The molecule has 0 bridgehead atoms. The number of halogens is 2. The molecule has 0 aromatic heterocycles. The van der Waals surface area contributed by atoms with Crippen LogP contribution >= 0.6 is 0 Å². The van der Waals surface area contributed by atoms with E-state index < -0.39 is 17.2 Å². The van der Waals surface area contributed by atoms with Crippen molar-refractivity contribution in [3.63, 3.8) is 0 Å². The van der Waals surface area contributed by atoms with Gasteiger partial charge in [-0.1, -0.05) is 19.9 Å². The van der Waals surface area contributed by atoms with Crippen LogP contribution in [0.15, 0.2) is 18.2 Å². The molecule has 0 fully saturated rings. The normalized spacial score (nSPS) is 11.4. The quantitative estimate of drug-likeness (QED) is 0.832. The molecule has 0 aliphatic carbocycles. The molecule has 5 heteroatoms. The van der Waals surface area contributed by atoms with Crippen molar-refractivity contribution < 1.29 is 13.6 Å². The van der Waals surface area contributed by atoms with Crippen LogP contribution in [0.2, 0.25) is 0 Å². The first-order chi connectivity index (χ1) is 8.96. The minimum atomic E-state index is -0.943. The lowest BCUT2D eigenvalue weighted by molar-refractivity contribution is -0.122. The lowest BCUT2D eigenvalue weighted by Crippen LogP contribution is -2.53. The molecule has 0 spiro atoms. The first-order valence-electron chi connectivity index (χ1n) is 6.41. The summed E-state index contributed by atoms with van der Waals surface area (Å²) in [6.45, 7) is 4.26. The standard InChI is InChI=1S/C14H20F2N2O/c1-3-14(4-2,9-17)18-13(19)8-10-5-6-11(15)12(16)7-10/h5-7H,3-4,8-9,17H2,1-2H3,(H,18,19). The number of hydrogen-bond acceptors (Lipinski definition) is 2. The first-order valence-corrected chi connectivity index (χ1v) is 6.41. The van der Waals surface area contributed by atoms with Crippen LogP contribution < -0.4 is 11.1 Å². The Morgan fingerprint density at radius 1 is 1.26 bits per heavy atom. The molecule has 3 nitrogen and oxygen atoms in total. The van der Waals surface area contributed by atoms with Crippen LogP contribution in [0, 0.1) is 11.6 Å². The number of amides is 1. The van der Waals surface area contributed by atoms with E-state index in [9.17, 15) is 13.6 Å². The molecule has 1 rings (SSSR count). The maximum Gasteiger partial charge on any atom is 0.224 e. The Kier molecular flexibility index (Phi) is 5.42. The maximum atomic E-state index is 13.0. The molecule has 19 heavy (non-hydrogen) atoms. The van der Waals surface area contributed by atoms with Gasteiger partial charge in [-0.25, -0.2) is 8.78 Å². The highest BCUT2D eigenvalue weighted by Gasteiger charge is 2.26. The fraction of sp³-hybridized carbons (Fsp3) is 0.500. The largest absolute Gasteiger partial charge is 0.349 e. The highest BCUT2D eigenvalue weighted by Crippen LogP contribution is 2.14. The van der Waals surface area contributed by atoms with Gasteiger partial charge in [-0.3, -0.25) is 4.79 Å². The summed E-state index contributed by atoms with van der Waals surface area (Å²) in [4.78, 5) is 11.9. The average Bonchev–Trinajstić information content (AvgIpc) is 2.40. The van der Waals surface area contributed by atoms with E-state index in [0.717, 1.165) is 25.0 Å². The monoisotopic (exact) mass is 270 g/mol. The van der Waals surface area contributed by atoms with Gasteiger partial charge < -0.3 is 11.1 Å². The minimum absolute atomic E-state index is 0.0128. The minimum Gasteiger partial charge on any atom is -0.349 e. The van der Waals surface area contributed by atoms with Crippen molar-refractivity contribution >= 4 is 5.91 Å². The zero-order chi connectivity index (χ0) is 14.5. The van der Waals surface area contributed by atoms with Gasteiger partial charge >= 0.3 is 0 Å². The van der Waals surface area contributed by atoms with Gasteiger partial charge in [-0.15, -0.1) is 0 Å². The molecule has 1 aromatic carbocycles. The first kappa shape index (κ1) is 15.6. The van der Waals surface area contributed by atoms with Crippen LogP contribution in [0.1, 0.15) is 32.3 Å². The van der Waals surface area contributed by atoms with Gasteiger partial charge in [0.25, 0.3) is 0 Å². The number of carbonyl (C=O) groups excluding carboxylic acids is 1. The molecular formula is C14H20F2N2O. The van der Waals surface area contributed by atoms with Gasteiger partial charge in [-0.05, 0) is 30.5 Å².